The molecule has 1 aliphatic heterocycles. The third kappa shape index (κ3) is 3.09. The fraction of sp³-hybridized carbons (Fsp3) is 0.471. The van der Waals surface area contributed by atoms with Crippen LogP contribution >= 0.6 is 0 Å². The molecule has 6 nitrogen and oxygen atoms in total. The molecule has 2 aromatic rings. The van der Waals surface area contributed by atoms with Gasteiger partial charge in [0.2, 0.25) is 0 Å². The highest BCUT2D eigenvalue weighted by molar-refractivity contribution is 5.85. The van der Waals surface area contributed by atoms with Crippen molar-refractivity contribution in [1.82, 2.24) is 20.1 Å². The van der Waals surface area contributed by atoms with Gasteiger partial charge in [0.15, 0.2) is 0 Å². The average Bonchev–Trinajstić information content (AvgIpc) is 2.97. The molecule has 0 radical (unpaired) electrons. The molecule has 0 bridgehead atoms. The zero-order chi connectivity index (χ0) is 17.3. The Morgan fingerprint density at radius 2 is 2.12 bits per heavy atom. The Labute approximate surface area is 141 Å². The summed E-state index contributed by atoms with van der Waals surface area (Å²) in [4.78, 5) is 0. The lowest BCUT2D eigenvalue weighted by molar-refractivity contribution is 0.230. The van der Waals surface area contributed by atoms with E-state index in [-0.39, 0.29) is 17.8 Å². The van der Waals surface area contributed by atoms with Crippen molar-refractivity contribution in [2.75, 3.05) is 13.1 Å². The van der Waals surface area contributed by atoms with Crippen molar-refractivity contribution in [3.63, 3.8) is 0 Å². The zero-order valence-corrected chi connectivity index (χ0v) is 14.2. The Morgan fingerprint density at radius 1 is 1.42 bits per heavy atom. The maximum atomic E-state index is 14.4. The van der Waals surface area contributed by atoms with Gasteiger partial charge in [-0.25, -0.2) is 14.9 Å². The number of rotatable bonds is 4. The van der Waals surface area contributed by atoms with E-state index < -0.39 is 0 Å². The number of fused-ring (bicyclic) bond motifs is 1. The molecule has 1 aromatic carbocycles. The Balaban J connectivity index is 2.00. The fourth-order valence-corrected chi connectivity index (χ4v) is 3.18. The maximum absolute atomic E-state index is 14.4. The molecule has 0 unspecified atom stereocenters. The molecule has 1 aliphatic rings. The minimum Gasteiger partial charge on any atom is -0.382 e. The van der Waals surface area contributed by atoms with Gasteiger partial charge < -0.3 is 16.1 Å². The summed E-state index contributed by atoms with van der Waals surface area (Å²) in [6, 6.07) is 5.21. The standard InChI is InChI=1S/C17H25FN6/c1-11(2)16-13-4-3-5-14(18)17(13)24(22-16)15(19)10-23(20)12-6-8-21-9-7-12/h3-5,10-12,21H,6-9,19-20H2,1-2H3/b15-10+. The zero-order valence-electron chi connectivity index (χ0n) is 14.2. The monoisotopic (exact) mass is 332 g/mol. The number of nitrogens with one attached hydrogen (secondary N) is 1. The summed E-state index contributed by atoms with van der Waals surface area (Å²) in [6.45, 7) is 5.92. The van der Waals surface area contributed by atoms with Crippen molar-refractivity contribution >= 4 is 16.7 Å². The van der Waals surface area contributed by atoms with E-state index in [4.69, 9.17) is 11.6 Å². The minimum atomic E-state index is -0.339. The number of piperidine rings is 1. The number of hydrazine groups is 1. The first-order valence-electron chi connectivity index (χ1n) is 8.37. The molecule has 0 spiro atoms. The minimum absolute atomic E-state index is 0.168. The second kappa shape index (κ2) is 6.78. The fourth-order valence-electron chi connectivity index (χ4n) is 3.18. The smallest absolute Gasteiger partial charge is 0.149 e. The normalized spacial score (nSPS) is 17.0. The highest BCUT2D eigenvalue weighted by Crippen LogP contribution is 2.28. The van der Waals surface area contributed by atoms with Crippen LogP contribution < -0.4 is 16.9 Å². The first-order chi connectivity index (χ1) is 11.5. The molecule has 130 valence electrons. The van der Waals surface area contributed by atoms with Crippen LogP contribution in [0.4, 0.5) is 4.39 Å². The van der Waals surface area contributed by atoms with Gasteiger partial charge in [-0.3, -0.25) is 0 Å². The summed E-state index contributed by atoms with van der Waals surface area (Å²) in [5.74, 6) is 6.30. The number of nitrogens with zero attached hydrogens (tertiary/aromatic N) is 3. The average molecular weight is 332 g/mol. The molecule has 24 heavy (non-hydrogen) atoms. The van der Waals surface area contributed by atoms with Crippen molar-refractivity contribution in [1.29, 1.82) is 0 Å². The van der Waals surface area contributed by atoms with Crippen LogP contribution in [0, 0.1) is 5.82 Å². The molecule has 7 heteroatoms. The quantitative estimate of drug-likeness (QED) is 0.588. The predicted octanol–water partition coefficient (Wildman–Crippen LogP) is 1.94. The van der Waals surface area contributed by atoms with Gasteiger partial charge in [-0.15, -0.1) is 0 Å². The summed E-state index contributed by atoms with van der Waals surface area (Å²) in [5, 5.41) is 10.2. The van der Waals surface area contributed by atoms with Crippen molar-refractivity contribution in [3.8, 4) is 0 Å². The van der Waals surface area contributed by atoms with Crippen LogP contribution in [-0.4, -0.2) is 33.9 Å². The van der Waals surface area contributed by atoms with Crippen LogP contribution in [0.2, 0.25) is 0 Å². The van der Waals surface area contributed by atoms with Crippen LogP contribution in [0.1, 0.15) is 38.3 Å². The Morgan fingerprint density at radius 3 is 2.79 bits per heavy atom. The number of benzene rings is 1. The lowest BCUT2D eigenvalue weighted by Gasteiger charge is -2.30. The summed E-state index contributed by atoms with van der Waals surface area (Å²) in [7, 11) is 0. The van der Waals surface area contributed by atoms with Crippen LogP contribution in [0.25, 0.3) is 16.7 Å². The Hall–Kier alpha value is -2.12. The second-order valence-electron chi connectivity index (χ2n) is 6.57. The van der Waals surface area contributed by atoms with Gasteiger partial charge in [0.1, 0.15) is 17.2 Å². The lowest BCUT2D eigenvalue weighted by Crippen LogP contribution is -2.44. The number of aromatic nitrogens is 2. The molecular weight excluding hydrogens is 307 g/mol. The number of hydrogen-bond acceptors (Lipinski definition) is 5. The van der Waals surface area contributed by atoms with Gasteiger partial charge in [-0.1, -0.05) is 26.0 Å². The largest absolute Gasteiger partial charge is 0.382 e. The van der Waals surface area contributed by atoms with Crippen molar-refractivity contribution < 1.29 is 4.39 Å². The summed E-state index contributed by atoms with van der Waals surface area (Å²) in [5.41, 5.74) is 7.43. The molecule has 2 heterocycles. The van der Waals surface area contributed by atoms with E-state index >= 15 is 0 Å². The number of hydrogen-bond donors (Lipinski definition) is 3. The van der Waals surface area contributed by atoms with E-state index in [0.29, 0.717) is 11.3 Å². The number of halogens is 1. The first kappa shape index (κ1) is 16.7. The molecule has 0 aliphatic carbocycles. The van der Waals surface area contributed by atoms with E-state index in [0.717, 1.165) is 37.0 Å². The first-order valence-corrected chi connectivity index (χ1v) is 8.37. The predicted molar refractivity (Wildman–Crippen MR) is 94.2 cm³/mol. The molecule has 1 saturated heterocycles. The molecule has 3 rings (SSSR count). The summed E-state index contributed by atoms with van der Waals surface area (Å²) in [6.07, 6.45) is 3.55. The molecule has 1 fully saturated rings. The van der Waals surface area contributed by atoms with Crippen LogP contribution in [-0.2, 0) is 0 Å². The molecular formula is C17H25FN6. The van der Waals surface area contributed by atoms with E-state index in [9.17, 15) is 4.39 Å². The SMILES string of the molecule is CC(C)c1nn(/C(N)=C/N(N)C2CCNCC2)c2c(F)cccc12. The lowest BCUT2D eigenvalue weighted by atomic mass is 10.1. The molecule has 0 atom stereocenters. The van der Waals surface area contributed by atoms with Gasteiger partial charge >= 0.3 is 0 Å². The molecule has 5 N–H and O–H groups in total. The number of para-hydroxylation sites is 1. The van der Waals surface area contributed by atoms with Crippen molar-refractivity contribution in [2.24, 2.45) is 11.6 Å². The number of nitrogens with two attached hydrogens (primary N) is 2. The molecule has 0 amide bonds. The third-order valence-corrected chi connectivity index (χ3v) is 4.49. The van der Waals surface area contributed by atoms with Crippen LogP contribution in [0.3, 0.4) is 0 Å². The van der Waals surface area contributed by atoms with E-state index in [1.165, 1.54) is 10.7 Å². The van der Waals surface area contributed by atoms with Gasteiger partial charge in [-0.2, -0.15) is 5.10 Å². The molecule has 0 saturated carbocycles. The van der Waals surface area contributed by atoms with Gasteiger partial charge in [0, 0.05) is 11.4 Å². The summed E-state index contributed by atoms with van der Waals surface area (Å²) >= 11 is 0. The second-order valence-corrected chi connectivity index (χ2v) is 6.57. The van der Waals surface area contributed by atoms with E-state index in [1.807, 2.05) is 19.9 Å². The van der Waals surface area contributed by atoms with Gasteiger partial charge in [0.05, 0.1) is 11.9 Å². The Kier molecular flexibility index (Phi) is 4.73. The van der Waals surface area contributed by atoms with Crippen LogP contribution in [0.5, 0.6) is 0 Å². The Bertz CT molecular complexity index is 745. The van der Waals surface area contributed by atoms with Crippen LogP contribution in [0.15, 0.2) is 24.4 Å². The van der Waals surface area contributed by atoms with E-state index in [2.05, 4.69) is 10.4 Å². The van der Waals surface area contributed by atoms with Gasteiger partial charge in [-0.05, 0) is 37.9 Å². The topological polar surface area (TPSA) is 85.1 Å². The molecule has 1 aromatic heterocycles. The maximum Gasteiger partial charge on any atom is 0.149 e. The third-order valence-electron chi connectivity index (χ3n) is 4.49. The highest BCUT2D eigenvalue weighted by atomic mass is 19.1. The van der Waals surface area contributed by atoms with Gasteiger partial charge in [0.25, 0.3) is 0 Å². The van der Waals surface area contributed by atoms with Crippen molar-refractivity contribution in [2.45, 2.75) is 38.6 Å². The summed E-state index contributed by atoms with van der Waals surface area (Å²) < 4.78 is 15.8. The van der Waals surface area contributed by atoms with Crippen molar-refractivity contribution in [3.05, 3.63) is 35.9 Å². The highest BCUT2D eigenvalue weighted by Gasteiger charge is 2.20. The van der Waals surface area contributed by atoms with E-state index in [1.54, 1.807) is 17.3 Å².